The van der Waals surface area contributed by atoms with Crippen LogP contribution in [0, 0.1) is 6.92 Å². The standard InChI is InChI=1S/C21H16ClN5O2S/c1-12-19(25-24-17-9-5-14(6-10-17)13(2)28)20(29)27(26-12)21-23-18(11-30-21)15-3-7-16(22)8-4-15/h3-11,26H,1-2H3. The molecular formula is C21H16ClN5O2S. The zero-order valence-corrected chi connectivity index (χ0v) is 17.7. The highest BCUT2D eigenvalue weighted by Crippen LogP contribution is 2.26. The number of carbonyl (C=O) groups excluding carboxylic acids is 1. The Morgan fingerprint density at radius 3 is 2.47 bits per heavy atom. The highest BCUT2D eigenvalue weighted by Gasteiger charge is 2.15. The van der Waals surface area contributed by atoms with Crippen molar-refractivity contribution >= 4 is 40.1 Å². The first-order valence-corrected chi connectivity index (χ1v) is 10.2. The van der Waals surface area contributed by atoms with Gasteiger partial charge in [-0.1, -0.05) is 23.7 Å². The first-order valence-electron chi connectivity index (χ1n) is 8.98. The Balaban J connectivity index is 1.62. The molecular weight excluding hydrogens is 422 g/mol. The number of aromatic nitrogens is 3. The van der Waals surface area contributed by atoms with Crippen LogP contribution >= 0.6 is 22.9 Å². The van der Waals surface area contributed by atoms with Gasteiger partial charge in [-0.15, -0.1) is 16.5 Å². The number of aromatic amines is 1. The Labute approximate surface area is 180 Å². The minimum Gasteiger partial charge on any atom is -0.295 e. The number of azo groups is 1. The fourth-order valence-corrected chi connectivity index (χ4v) is 3.70. The van der Waals surface area contributed by atoms with Gasteiger partial charge in [0.1, 0.15) is 0 Å². The first kappa shape index (κ1) is 19.9. The number of benzene rings is 2. The van der Waals surface area contributed by atoms with Crippen molar-refractivity contribution in [2.24, 2.45) is 10.2 Å². The van der Waals surface area contributed by atoms with Crippen LogP contribution in [-0.2, 0) is 0 Å². The lowest BCUT2D eigenvalue weighted by Gasteiger charge is -1.97. The van der Waals surface area contributed by atoms with Gasteiger partial charge in [-0.3, -0.25) is 14.7 Å². The average Bonchev–Trinajstić information content (AvgIpc) is 3.32. The molecule has 4 aromatic rings. The third-order valence-corrected chi connectivity index (χ3v) is 5.48. The first-order chi connectivity index (χ1) is 14.4. The second kappa shape index (κ2) is 8.17. The van der Waals surface area contributed by atoms with Gasteiger partial charge in [0.15, 0.2) is 11.5 Å². The predicted molar refractivity (Wildman–Crippen MR) is 118 cm³/mol. The number of Topliss-reactive ketones (excluding diaryl/α,β-unsaturated/α-hetero) is 1. The van der Waals surface area contributed by atoms with Gasteiger partial charge in [0.2, 0.25) is 5.13 Å². The van der Waals surface area contributed by atoms with Crippen molar-refractivity contribution in [3.63, 3.8) is 0 Å². The van der Waals surface area contributed by atoms with Crippen LogP contribution < -0.4 is 5.56 Å². The van der Waals surface area contributed by atoms with Gasteiger partial charge < -0.3 is 0 Å². The molecule has 30 heavy (non-hydrogen) atoms. The largest absolute Gasteiger partial charge is 0.301 e. The highest BCUT2D eigenvalue weighted by atomic mass is 35.5. The van der Waals surface area contributed by atoms with Crippen LogP contribution in [0.1, 0.15) is 23.0 Å². The van der Waals surface area contributed by atoms with E-state index in [1.807, 2.05) is 17.5 Å². The molecule has 4 rings (SSSR count). The van der Waals surface area contributed by atoms with E-state index in [1.165, 1.54) is 22.9 Å². The number of hydrogen-bond donors (Lipinski definition) is 1. The number of rotatable bonds is 5. The van der Waals surface area contributed by atoms with Crippen LogP contribution in [0.25, 0.3) is 16.4 Å². The summed E-state index contributed by atoms with van der Waals surface area (Å²) in [5, 5.41) is 14.2. The fraction of sp³-hybridized carbons (Fsp3) is 0.0952. The smallest absolute Gasteiger partial charge is 0.295 e. The summed E-state index contributed by atoms with van der Waals surface area (Å²) in [5.41, 5.74) is 3.24. The molecule has 150 valence electrons. The molecule has 0 aliphatic carbocycles. The topological polar surface area (TPSA) is 92.5 Å². The van der Waals surface area contributed by atoms with E-state index in [1.54, 1.807) is 43.3 Å². The van der Waals surface area contributed by atoms with E-state index in [2.05, 4.69) is 20.3 Å². The minimum atomic E-state index is -0.339. The molecule has 0 saturated heterocycles. The summed E-state index contributed by atoms with van der Waals surface area (Å²) >= 11 is 7.27. The van der Waals surface area contributed by atoms with Crippen LogP contribution in [0.5, 0.6) is 0 Å². The van der Waals surface area contributed by atoms with Crippen molar-refractivity contribution in [3.8, 4) is 16.4 Å². The molecule has 2 aromatic carbocycles. The van der Waals surface area contributed by atoms with Crippen LogP contribution in [0.4, 0.5) is 11.4 Å². The summed E-state index contributed by atoms with van der Waals surface area (Å²) in [4.78, 5) is 28.7. The normalized spacial score (nSPS) is 11.3. The van der Waals surface area contributed by atoms with Gasteiger partial charge in [0.05, 0.1) is 17.1 Å². The fourth-order valence-electron chi connectivity index (χ4n) is 2.78. The molecule has 0 unspecified atom stereocenters. The van der Waals surface area contributed by atoms with E-state index in [4.69, 9.17) is 11.6 Å². The molecule has 0 saturated carbocycles. The van der Waals surface area contributed by atoms with E-state index in [9.17, 15) is 9.59 Å². The molecule has 0 spiro atoms. The molecule has 0 amide bonds. The molecule has 7 nitrogen and oxygen atoms in total. The number of nitrogens with one attached hydrogen (secondary N) is 1. The van der Waals surface area contributed by atoms with Crippen molar-refractivity contribution in [1.29, 1.82) is 0 Å². The summed E-state index contributed by atoms with van der Waals surface area (Å²) in [7, 11) is 0. The molecule has 0 fully saturated rings. The lowest BCUT2D eigenvalue weighted by Crippen LogP contribution is -2.13. The van der Waals surface area contributed by atoms with Crippen molar-refractivity contribution in [3.05, 3.63) is 80.5 Å². The number of aryl methyl sites for hydroxylation is 1. The van der Waals surface area contributed by atoms with Crippen molar-refractivity contribution in [2.45, 2.75) is 13.8 Å². The number of halogens is 1. The van der Waals surface area contributed by atoms with Gasteiger partial charge >= 0.3 is 5.56 Å². The second-order valence-electron chi connectivity index (χ2n) is 6.55. The number of hydrogen-bond acceptors (Lipinski definition) is 6. The maximum atomic E-state index is 12.8. The van der Waals surface area contributed by atoms with Gasteiger partial charge in [0, 0.05) is 21.5 Å². The quantitative estimate of drug-likeness (QED) is 0.312. The lowest BCUT2D eigenvalue weighted by atomic mass is 10.1. The molecule has 0 aliphatic rings. The average molecular weight is 438 g/mol. The third kappa shape index (κ3) is 4.00. The monoisotopic (exact) mass is 437 g/mol. The minimum absolute atomic E-state index is 0.0238. The van der Waals surface area contributed by atoms with E-state index >= 15 is 0 Å². The molecule has 2 heterocycles. The van der Waals surface area contributed by atoms with Crippen LogP contribution in [-0.4, -0.2) is 20.5 Å². The summed E-state index contributed by atoms with van der Waals surface area (Å²) in [6.07, 6.45) is 0. The molecule has 2 aromatic heterocycles. The van der Waals surface area contributed by atoms with Crippen LogP contribution in [0.2, 0.25) is 5.02 Å². The molecule has 0 bridgehead atoms. The summed E-state index contributed by atoms with van der Waals surface area (Å²) in [6, 6.07) is 14.0. The van der Waals surface area contributed by atoms with Gasteiger partial charge in [-0.05, 0) is 50.2 Å². The van der Waals surface area contributed by atoms with Crippen LogP contribution in [0.15, 0.2) is 68.9 Å². The molecule has 9 heteroatoms. The van der Waals surface area contributed by atoms with E-state index in [0.717, 1.165) is 11.3 Å². The van der Waals surface area contributed by atoms with E-state index in [-0.39, 0.29) is 17.0 Å². The highest BCUT2D eigenvalue weighted by molar-refractivity contribution is 7.12. The predicted octanol–water partition coefficient (Wildman–Crippen LogP) is 5.87. The Bertz CT molecular complexity index is 1300. The third-order valence-electron chi connectivity index (χ3n) is 4.40. The zero-order valence-electron chi connectivity index (χ0n) is 16.1. The van der Waals surface area contributed by atoms with Crippen molar-refractivity contribution in [1.82, 2.24) is 14.8 Å². The SMILES string of the molecule is CC(=O)c1ccc(N=Nc2c(C)[nH]n(-c3nc(-c4ccc(Cl)cc4)cs3)c2=O)cc1. The number of H-pyrrole nitrogens is 1. The maximum Gasteiger partial charge on any atom is 0.301 e. The molecule has 1 N–H and O–H groups in total. The van der Waals surface area contributed by atoms with E-state index < -0.39 is 0 Å². The summed E-state index contributed by atoms with van der Waals surface area (Å²) in [5.74, 6) is -0.0238. The van der Waals surface area contributed by atoms with Gasteiger partial charge in [-0.25, -0.2) is 4.98 Å². The zero-order chi connectivity index (χ0) is 21.3. The molecule has 0 radical (unpaired) electrons. The van der Waals surface area contributed by atoms with Gasteiger partial charge in [-0.2, -0.15) is 9.80 Å². The Hall–Kier alpha value is -3.36. The number of ketones is 1. The lowest BCUT2D eigenvalue weighted by molar-refractivity contribution is 0.101. The molecule has 0 atom stereocenters. The number of carbonyl (C=O) groups is 1. The second-order valence-corrected chi connectivity index (χ2v) is 7.82. The number of nitrogens with zero attached hydrogens (tertiary/aromatic N) is 4. The van der Waals surface area contributed by atoms with E-state index in [0.29, 0.717) is 27.1 Å². The van der Waals surface area contributed by atoms with Crippen LogP contribution in [0.3, 0.4) is 0 Å². The Morgan fingerprint density at radius 2 is 1.80 bits per heavy atom. The summed E-state index contributed by atoms with van der Waals surface area (Å²) in [6.45, 7) is 3.25. The molecule has 0 aliphatic heterocycles. The number of thiazole rings is 1. The van der Waals surface area contributed by atoms with Crippen molar-refractivity contribution in [2.75, 3.05) is 0 Å². The Morgan fingerprint density at radius 1 is 1.10 bits per heavy atom. The van der Waals surface area contributed by atoms with Gasteiger partial charge in [0.25, 0.3) is 0 Å². The van der Waals surface area contributed by atoms with Crippen molar-refractivity contribution < 1.29 is 4.79 Å². The Kier molecular flexibility index (Phi) is 5.43. The maximum absolute atomic E-state index is 12.8. The summed E-state index contributed by atoms with van der Waals surface area (Å²) < 4.78 is 1.35.